The van der Waals surface area contributed by atoms with E-state index in [-0.39, 0.29) is 11.8 Å². The number of benzene rings is 1. The number of rotatable bonds is 2. The Balaban J connectivity index is 2.52. The van der Waals surface area contributed by atoms with Crippen molar-refractivity contribution in [1.82, 2.24) is 4.90 Å². The van der Waals surface area contributed by atoms with Crippen LogP contribution in [0.1, 0.15) is 24.0 Å². The zero-order valence-electron chi connectivity index (χ0n) is 11.3. The molecule has 1 atom stereocenters. The van der Waals surface area contributed by atoms with Crippen LogP contribution in [-0.2, 0) is 11.2 Å². The lowest BCUT2D eigenvalue weighted by molar-refractivity contribution is -0.130. The van der Waals surface area contributed by atoms with Gasteiger partial charge in [0.05, 0.1) is 20.1 Å². The minimum atomic E-state index is -0.132. The minimum absolute atomic E-state index is 0.132. The maximum atomic E-state index is 12.1. The van der Waals surface area contributed by atoms with E-state index >= 15 is 0 Å². The zero-order chi connectivity index (χ0) is 13.3. The molecule has 98 valence electrons. The zero-order valence-corrected chi connectivity index (χ0v) is 11.3. The van der Waals surface area contributed by atoms with Crippen LogP contribution in [0.4, 0.5) is 0 Å². The highest BCUT2D eigenvalue weighted by atomic mass is 16.5. The molecule has 18 heavy (non-hydrogen) atoms. The van der Waals surface area contributed by atoms with Crippen LogP contribution in [0.5, 0.6) is 11.5 Å². The molecule has 1 aliphatic heterocycles. The lowest BCUT2D eigenvalue weighted by Gasteiger charge is -2.18. The van der Waals surface area contributed by atoms with Crippen molar-refractivity contribution in [3.63, 3.8) is 0 Å². The summed E-state index contributed by atoms with van der Waals surface area (Å²) in [4.78, 5) is 13.9. The summed E-state index contributed by atoms with van der Waals surface area (Å²) >= 11 is 0. The van der Waals surface area contributed by atoms with Gasteiger partial charge in [-0.2, -0.15) is 0 Å². The van der Waals surface area contributed by atoms with Crippen LogP contribution < -0.4 is 9.47 Å². The number of carbonyl (C=O) groups excluding carboxylic acids is 1. The van der Waals surface area contributed by atoms with E-state index in [4.69, 9.17) is 9.47 Å². The molecule has 0 aromatic heterocycles. The van der Waals surface area contributed by atoms with Crippen LogP contribution >= 0.6 is 0 Å². The molecular formula is C14H19NO3. The fourth-order valence-corrected chi connectivity index (χ4v) is 2.42. The number of carbonyl (C=O) groups is 1. The summed E-state index contributed by atoms with van der Waals surface area (Å²) in [5.41, 5.74) is 2.21. The van der Waals surface area contributed by atoms with Gasteiger partial charge in [0, 0.05) is 13.6 Å². The van der Waals surface area contributed by atoms with Crippen molar-refractivity contribution in [2.24, 2.45) is 0 Å². The maximum Gasteiger partial charge on any atom is 0.229 e. The van der Waals surface area contributed by atoms with Gasteiger partial charge in [-0.25, -0.2) is 0 Å². The van der Waals surface area contributed by atoms with Crippen LogP contribution in [0, 0.1) is 0 Å². The molecule has 2 rings (SSSR count). The predicted molar refractivity (Wildman–Crippen MR) is 69.3 cm³/mol. The third-order valence-electron chi connectivity index (χ3n) is 3.58. The number of ether oxygens (including phenoxy) is 2. The van der Waals surface area contributed by atoms with Crippen LogP contribution in [-0.4, -0.2) is 38.6 Å². The Morgan fingerprint density at radius 3 is 2.44 bits per heavy atom. The normalized spacial score (nSPS) is 19.2. The van der Waals surface area contributed by atoms with E-state index in [0.717, 1.165) is 29.8 Å². The average Bonchev–Trinajstić information content (AvgIpc) is 2.50. The Labute approximate surface area is 107 Å². The van der Waals surface area contributed by atoms with E-state index in [1.807, 2.05) is 26.1 Å². The summed E-state index contributed by atoms with van der Waals surface area (Å²) in [6.07, 6.45) is 0.849. The van der Waals surface area contributed by atoms with E-state index in [1.165, 1.54) is 0 Å². The molecule has 0 aliphatic carbocycles. The SMILES string of the molecule is COc1cc2c(cc1OC)[C@H](C)C(=O)N(C)CC2. The number of nitrogens with zero attached hydrogens (tertiary/aromatic N) is 1. The fraction of sp³-hybridized carbons (Fsp3) is 0.500. The summed E-state index contributed by atoms with van der Waals surface area (Å²) in [7, 11) is 5.08. The molecule has 1 aromatic rings. The topological polar surface area (TPSA) is 38.8 Å². The van der Waals surface area contributed by atoms with Crippen molar-refractivity contribution in [3.05, 3.63) is 23.3 Å². The first-order valence-electron chi connectivity index (χ1n) is 6.08. The van der Waals surface area contributed by atoms with Gasteiger partial charge in [-0.1, -0.05) is 0 Å². The largest absolute Gasteiger partial charge is 0.493 e. The van der Waals surface area contributed by atoms with Gasteiger partial charge in [-0.15, -0.1) is 0 Å². The van der Waals surface area contributed by atoms with E-state index in [0.29, 0.717) is 5.75 Å². The van der Waals surface area contributed by atoms with Gasteiger partial charge >= 0.3 is 0 Å². The van der Waals surface area contributed by atoms with Crippen LogP contribution in [0.15, 0.2) is 12.1 Å². The second kappa shape index (κ2) is 4.88. The third-order valence-corrected chi connectivity index (χ3v) is 3.58. The number of hydrogen-bond donors (Lipinski definition) is 0. The van der Waals surface area contributed by atoms with Crippen LogP contribution in [0.2, 0.25) is 0 Å². The summed E-state index contributed by atoms with van der Waals surface area (Å²) in [5.74, 6) is 1.43. The monoisotopic (exact) mass is 249 g/mol. The van der Waals surface area contributed by atoms with E-state index in [9.17, 15) is 4.79 Å². The Hall–Kier alpha value is -1.71. The quantitative estimate of drug-likeness (QED) is 0.802. The first-order chi connectivity index (χ1) is 8.58. The molecule has 1 heterocycles. The fourth-order valence-electron chi connectivity index (χ4n) is 2.42. The highest BCUT2D eigenvalue weighted by molar-refractivity contribution is 5.84. The maximum absolute atomic E-state index is 12.1. The van der Waals surface area contributed by atoms with Gasteiger partial charge in [-0.3, -0.25) is 4.79 Å². The highest BCUT2D eigenvalue weighted by Crippen LogP contribution is 2.35. The van der Waals surface area contributed by atoms with Gasteiger partial charge in [0.2, 0.25) is 5.91 Å². The summed E-state index contributed by atoms with van der Waals surface area (Å²) in [5, 5.41) is 0. The predicted octanol–water partition coefficient (Wildman–Crippen LogP) is 1.82. The highest BCUT2D eigenvalue weighted by Gasteiger charge is 2.26. The minimum Gasteiger partial charge on any atom is -0.493 e. The number of amides is 1. The lowest BCUT2D eigenvalue weighted by atomic mass is 9.94. The molecule has 4 heteroatoms. The van der Waals surface area contributed by atoms with Gasteiger partial charge in [0.25, 0.3) is 0 Å². The van der Waals surface area contributed by atoms with Crippen molar-refractivity contribution >= 4 is 5.91 Å². The summed E-state index contributed by atoms with van der Waals surface area (Å²) < 4.78 is 10.6. The molecule has 0 fully saturated rings. The summed E-state index contributed by atoms with van der Waals surface area (Å²) in [6.45, 7) is 2.68. The van der Waals surface area contributed by atoms with Crippen molar-refractivity contribution in [3.8, 4) is 11.5 Å². The average molecular weight is 249 g/mol. The van der Waals surface area contributed by atoms with E-state index in [1.54, 1.807) is 19.1 Å². The van der Waals surface area contributed by atoms with E-state index in [2.05, 4.69) is 0 Å². The molecule has 0 unspecified atom stereocenters. The number of fused-ring (bicyclic) bond motifs is 1. The molecule has 0 spiro atoms. The molecule has 1 aliphatic rings. The molecule has 4 nitrogen and oxygen atoms in total. The first kappa shape index (κ1) is 12.7. The Morgan fingerprint density at radius 2 is 1.83 bits per heavy atom. The molecule has 0 bridgehead atoms. The second-order valence-corrected chi connectivity index (χ2v) is 4.64. The van der Waals surface area contributed by atoms with Crippen molar-refractivity contribution < 1.29 is 14.3 Å². The number of likely N-dealkylation sites (N-methyl/N-ethyl adjacent to an activating group) is 1. The van der Waals surface area contributed by atoms with Gasteiger partial charge in [-0.05, 0) is 36.6 Å². The van der Waals surface area contributed by atoms with Gasteiger partial charge in [0.1, 0.15) is 0 Å². The third kappa shape index (κ3) is 2.03. The number of methoxy groups -OCH3 is 2. The van der Waals surface area contributed by atoms with Crippen LogP contribution in [0.25, 0.3) is 0 Å². The van der Waals surface area contributed by atoms with E-state index < -0.39 is 0 Å². The van der Waals surface area contributed by atoms with Crippen molar-refractivity contribution in [1.29, 1.82) is 0 Å². The molecule has 1 amide bonds. The molecule has 0 saturated heterocycles. The Bertz CT molecular complexity index is 470. The molecule has 0 saturated carbocycles. The van der Waals surface area contributed by atoms with Gasteiger partial charge < -0.3 is 14.4 Å². The second-order valence-electron chi connectivity index (χ2n) is 4.64. The van der Waals surface area contributed by atoms with Gasteiger partial charge in [0.15, 0.2) is 11.5 Å². The molecular weight excluding hydrogens is 230 g/mol. The smallest absolute Gasteiger partial charge is 0.229 e. The van der Waals surface area contributed by atoms with Crippen molar-refractivity contribution in [2.45, 2.75) is 19.3 Å². The summed E-state index contributed by atoms with van der Waals surface area (Å²) in [6, 6.07) is 3.91. The number of hydrogen-bond acceptors (Lipinski definition) is 3. The standard InChI is InChI=1S/C14H19NO3/c1-9-11-8-13(18-4)12(17-3)7-10(11)5-6-15(2)14(9)16/h7-9H,5-6H2,1-4H3/t9-/m0/s1. The van der Waals surface area contributed by atoms with Crippen molar-refractivity contribution in [2.75, 3.05) is 27.8 Å². The Kier molecular flexibility index (Phi) is 3.45. The molecule has 0 N–H and O–H groups in total. The molecule has 1 aromatic carbocycles. The molecule has 0 radical (unpaired) electrons. The lowest BCUT2D eigenvalue weighted by Crippen LogP contribution is -2.29. The Morgan fingerprint density at radius 1 is 1.22 bits per heavy atom. The first-order valence-corrected chi connectivity index (χ1v) is 6.08. The van der Waals surface area contributed by atoms with Crippen LogP contribution in [0.3, 0.4) is 0 Å².